The van der Waals surface area contributed by atoms with E-state index in [-0.39, 0.29) is 18.9 Å². The summed E-state index contributed by atoms with van der Waals surface area (Å²) in [7, 11) is 1.44. The number of nitrogens with zero attached hydrogens (tertiary/aromatic N) is 3. The fourth-order valence-electron chi connectivity index (χ4n) is 4.77. The molecule has 6 nitrogen and oxygen atoms in total. The van der Waals surface area contributed by atoms with Crippen LogP contribution in [-0.2, 0) is 11.4 Å². The normalized spacial score (nSPS) is 18.5. The van der Waals surface area contributed by atoms with E-state index in [0.29, 0.717) is 36.4 Å². The quantitative estimate of drug-likeness (QED) is 0.280. The van der Waals surface area contributed by atoms with Gasteiger partial charge in [0.2, 0.25) is 0 Å². The molecule has 2 heterocycles. The van der Waals surface area contributed by atoms with E-state index >= 15 is 0 Å². The highest BCUT2D eigenvalue weighted by Gasteiger charge is 2.39. The van der Waals surface area contributed by atoms with Crippen LogP contribution in [0.5, 0.6) is 5.75 Å². The molecule has 0 spiro atoms. The van der Waals surface area contributed by atoms with Gasteiger partial charge in [-0.1, -0.05) is 36.4 Å². The van der Waals surface area contributed by atoms with Crippen molar-refractivity contribution in [1.29, 1.82) is 0 Å². The SMILES string of the molecule is COc1ccc(F)cc1CN(OC(F)F)C1CCCN(CC(=O)c2ccccn2)C1c1ccccc1. The predicted molar refractivity (Wildman–Crippen MR) is 128 cm³/mol. The van der Waals surface area contributed by atoms with Crippen molar-refractivity contribution in [3.05, 3.63) is 95.6 Å². The van der Waals surface area contributed by atoms with Gasteiger partial charge in [0.15, 0.2) is 5.78 Å². The van der Waals surface area contributed by atoms with Crippen LogP contribution in [-0.4, -0.2) is 53.6 Å². The zero-order valence-electron chi connectivity index (χ0n) is 19.9. The molecule has 0 N–H and O–H groups in total. The van der Waals surface area contributed by atoms with Crippen molar-refractivity contribution >= 4 is 5.78 Å². The Balaban J connectivity index is 1.68. The fraction of sp³-hybridized carbons (Fsp3) is 0.333. The second kappa shape index (κ2) is 12.1. The number of carbonyl (C=O) groups excluding carboxylic acids is 1. The molecule has 0 bridgehead atoms. The lowest BCUT2D eigenvalue weighted by Crippen LogP contribution is -2.51. The number of hydroxylamine groups is 2. The molecular weight excluding hydrogens is 471 g/mol. The van der Waals surface area contributed by atoms with Crippen LogP contribution in [0.25, 0.3) is 0 Å². The summed E-state index contributed by atoms with van der Waals surface area (Å²) >= 11 is 0. The number of rotatable bonds is 10. The van der Waals surface area contributed by atoms with Crippen molar-refractivity contribution in [2.24, 2.45) is 0 Å². The molecule has 0 saturated carbocycles. The highest BCUT2D eigenvalue weighted by Crippen LogP contribution is 2.37. The van der Waals surface area contributed by atoms with Crippen LogP contribution in [0.3, 0.4) is 0 Å². The van der Waals surface area contributed by atoms with Gasteiger partial charge in [-0.05, 0) is 55.3 Å². The highest BCUT2D eigenvalue weighted by molar-refractivity contribution is 5.95. The molecule has 1 aromatic heterocycles. The number of hydrogen-bond acceptors (Lipinski definition) is 6. The monoisotopic (exact) mass is 499 g/mol. The molecular formula is C27H28F3N3O3. The van der Waals surface area contributed by atoms with Gasteiger partial charge in [-0.3, -0.25) is 14.7 Å². The van der Waals surface area contributed by atoms with Crippen LogP contribution >= 0.6 is 0 Å². The van der Waals surface area contributed by atoms with Gasteiger partial charge in [0.25, 0.3) is 0 Å². The standard InChI is InChI=1S/C27H28F3N3O3/c1-35-25-13-12-21(28)16-20(25)17-33(36-27(29)30)23-11-7-15-32(26(23)19-8-3-2-4-9-19)18-24(34)22-10-5-6-14-31-22/h2-6,8-10,12-14,16,23,26-27H,7,11,15,17-18H2,1H3. The van der Waals surface area contributed by atoms with Gasteiger partial charge in [0, 0.05) is 11.8 Å². The average Bonchev–Trinajstić information content (AvgIpc) is 2.89. The number of halogens is 3. The molecule has 0 amide bonds. The van der Waals surface area contributed by atoms with Gasteiger partial charge >= 0.3 is 6.61 Å². The van der Waals surface area contributed by atoms with Gasteiger partial charge in [-0.2, -0.15) is 13.8 Å². The van der Waals surface area contributed by atoms with Crippen molar-refractivity contribution in [3.63, 3.8) is 0 Å². The van der Waals surface area contributed by atoms with Crippen LogP contribution in [0.1, 0.15) is 40.5 Å². The molecule has 2 atom stereocenters. The molecule has 1 aliphatic rings. The second-order valence-electron chi connectivity index (χ2n) is 8.57. The van der Waals surface area contributed by atoms with E-state index in [2.05, 4.69) is 4.98 Å². The van der Waals surface area contributed by atoms with Crippen LogP contribution in [0.4, 0.5) is 13.2 Å². The topological polar surface area (TPSA) is 54.9 Å². The molecule has 4 rings (SSSR count). The molecule has 1 fully saturated rings. The lowest BCUT2D eigenvalue weighted by atomic mass is 9.89. The molecule has 0 aliphatic carbocycles. The summed E-state index contributed by atoms with van der Waals surface area (Å²) in [6.07, 6.45) is 2.76. The van der Waals surface area contributed by atoms with Gasteiger partial charge in [0.05, 0.1) is 32.3 Å². The first-order valence-corrected chi connectivity index (χ1v) is 11.7. The van der Waals surface area contributed by atoms with Gasteiger partial charge in [-0.15, -0.1) is 0 Å². The smallest absolute Gasteiger partial charge is 0.360 e. The maximum absolute atomic E-state index is 14.0. The number of likely N-dealkylation sites (tertiary alicyclic amines) is 1. The Hall–Kier alpha value is -3.27. The summed E-state index contributed by atoms with van der Waals surface area (Å²) in [4.78, 5) is 24.2. The van der Waals surface area contributed by atoms with Crippen LogP contribution < -0.4 is 4.74 Å². The van der Waals surface area contributed by atoms with Crippen molar-refractivity contribution in [3.8, 4) is 5.75 Å². The van der Waals surface area contributed by atoms with E-state index < -0.39 is 24.5 Å². The third-order valence-corrected chi connectivity index (χ3v) is 6.30. The number of Topliss-reactive ketones (excluding diaryl/α,β-unsaturated/α-hetero) is 1. The Kier molecular flexibility index (Phi) is 8.69. The number of methoxy groups -OCH3 is 1. The van der Waals surface area contributed by atoms with Gasteiger partial charge in [0.1, 0.15) is 17.3 Å². The molecule has 1 aliphatic heterocycles. The minimum Gasteiger partial charge on any atom is -0.496 e. The van der Waals surface area contributed by atoms with E-state index in [1.807, 2.05) is 35.2 Å². The Morgan fingerprint density at radius 3 is 2.61 bits per heavy atom. The number of ketones is 1. The molecule has 2 unspecified atom stereocenters. The number of aromatic nitrogens is 1. The first kappa shape index (κ1) is 25.8. The maximum atomic E-state index is 14.0. The third-order valence-electron chi connectivity index (χ3n) is 6.30. The molecule has 3 aromatic rings. The molecule has 1 saturated heterocycles. The van der Waals surface area contributed by atoms with E-state index in [9.17, 15) is 18.0 Å². The number of ether oxygens (including phenoxy) is 1. The van der Waals surface area contributed by atoms with Crippen LogP contribution in [0.15, 0.2) is 72.9 Å². The number of alkyl halides is 2. The maximum Gasteiger partial charge on any atom is 0.360 e. The Bertz CT molecular complexity index is 1130. The Morgan fingerprint density at radius 1 is 1.14 bits per heavy atom. The zero-order chi connectivity index (χ0) is 25.5. The Labute approximate surface area is 208 Å². The summed E-state index contributed by atoms with van der Waals surface area (Å²) in [6, 6.07) is 17.6. The van der Waals surface area contributed by atoms with E-state index in [0.717, 1.165) is 5.56 Å². The summed E-state index contributed by atoms with van der Waals surface area (Å²) in [5.41, 5.74) is 1.59. The molecule has 2 aromatic carbocycles. The van der Waals surface area contributed by atoms with E-state index in [1.54, 1.807) is 24.4 Å². The minimum absolute atomic E-state index is 0.0683. The third kappa shape index (κ3) is 6.29. The van der Waals surface area contributed by atoms with Crippen LogP contribution in [0.2, 0.25) is 0 Å². The van der Waals surface area contributed by atoms with Crippen LogP contribution in [0, 0.1) is 5.82 Å². The number of pyridine rings is 1. The van der Waals surface area contributed by atoms with Gasteiger partial charge in [-0.25, -0.2) is 9.23 Å². The van der Waals surface area contributed by atoms with Crippen molar-refractivity contribution < 1.29 is 27.5 Å². The predicted octanol–water partition coefficient (Wildman–Crippen LogP) is 5.27. The van der Waals surface area contributed by atoms with E-state index in [4.69, 9.17) is 9.57 Å². The number of hydrogen-bond donors (Lipinski definition) is 0. The summed E-state index contributed by atoms with van der Waals surface area (Å²) in [6.45, 7) is -2.54. The fourth-order valence-corrected chi connectivity index (χ4v) is 4.77. The minimum atomic E-state index is -3.08. The van der Waals surface area contributed by atoms with Gasteiger partial charge < -0.3 is 4.74 Å². The summed E-state index contributed by atoms with van der Waals surface area (Å²) in [5.74, 6) is -0.299. The molecule has 9 heteroatoms. The number of carbonyl (C=O) groups is 1. The number of benzene rings is 2. The van der Waals surface area contributed by atoms with E-state index in [1.165, 1.54) is 30.4 Å². The molecule has 36 heavy (non-hydrogen) atoms. The zero-order valence-corrected chi connectivity index (χ0v) is 19.9. The molecule has 0 radical (unpaired) electrons. The second-order valence-corrected chi connectivity index (χ2v) is 8.57. The van der Waals surface area contributed by atoms with Crippen molar-refractivity contribution in [1.82, 2.24) is 14.9 Å². The summed E-state index contributed by atoms with van der Waals surface area (Å²) in [5, 5.41) is 1.21. The largest absolute Gasteiger partial charge is 0.496 e. The highest BCUT2D eigenvalue weighted by atomic mass is 19.3. The lowest BCUT2D eigenvalue weighted by molar-refractivity contribution is -0.312. The lowest BCUT2D eigenvalue weighted by Gasteiger charge is -2.45. The molecule has 190 valence electrons. The first-order valence-electron chi connectivity index (χ1n) is 11.7. The summed E-state index contributed by atoms with van der Waals surface area (Å²) < 4.78 is 46.6. The number of piperidine rings is 1. The van der Waals surface area contributed by atoms with Crippen molar-refractivity contribution in [2.75, 3.05) is 20.2 Å². The first-order chi connectivity index (χ1) is 17.5. The van der Waals surface area contributed by atoms with Crippen molar-refractivity contribution in [2.45, 2.75) is 38.1 Å². The Morgan fingerprint density at radius 2 is 1.92 bits per heavy atom. The average molecular weight is 500 g/mol.